The Morgan fingerprint density at radius 2 is 2.14 bits per heavy atom. The Balaban J connectivity index is 1.92. The minimum absolute atomic E-state index is 0.126. The predicted molar refractivity (Wildman–Crippen MR) is 89.9 cm³/mol. The quantitative estimate of drug-likeness (QED) is 0.689. The normalized spacial score (nSPS) is 12.3. The molecule has 0 aliphatic heterocycles. The van der Waals surface area contributed by atoms with Crippen molar-refractivity contribution in [1.82, 2.24) is 9.78 Å². The van der Waals surface area contributed by atoms with Crippen LogP contribution in [0, 0.1) is 0 Å². The molecule has 6 heteroatoms. The molecule has 0 radical (unpaired) electrons. The maximum absolute atomic E-state index is 6.12. The van der Waals surface area contributed by atoms with Gasteiger partial charge in [0, 0.05) is 23.5 Å². The van der Waals surface area contributed by atoms with Gasteiger partial charge in [-0.2, -0.15) is 5.10 Å². The highest BCUT2D eigenvalue weighted by Crippen LogP contribution is 2.30. The molecule has 2 aromatic heterocycles. The molecule has 0 spiro atoms. The monoisotopic (exact) mass is 337 g/mol. The Morgan fingerprint density at radius 3 is 2.81 bits per heavy atom. The summed E-state index contributed by atoms with van der Waals surface area (Å²) < 4.78 is 2.60. The first-order valence-electron chi connectivity index (χ1n) is 6.43. The number of nitrogens with zero attached hydrogens (tertiary/aromatic N) is 2. The summed E-state index contributed by atoms with van der Waals surface area (Å²) in [6, 6.07) is 9.70. The largest absolute Gasteiger partial charge is 0.377 e. The van der Waals surface area contributed by atoms with Gasteiger partial charge in [-0.05, 0) is 48.2 Å². The summed E-state index contributed by atoms with van der Waals surface area (Å²) in [6.45, 7) is 2.09. The number of halogens is 2. The molecule has 1 aromatic carbocycles. The molecule has 0 aliphatic rings. The summed E-state index contributed by atoms with van der Waals surface area (Å²) in [6.07, 6.45) is 3.65. The number of aromatic nitrogens is 2. The Bertz CT molecular complexity index is 737. The molecule has 21 heavy (non-hydrogen) atoms. The Labute approximate surface area is 137 Å². The van der Waals surface area contributed by atoms with Gasteiger partial charge in [0.15, 0.2) is 0 Å². The van der Waals surface area contributed by atoms with Crippen LogP contribution in [0.1, 0.15) is 18.5 Å². The van der Waals surface area contributed by atoms with E-state index in [2.05, 4.69) is 22.7 Å². The summed E-state index contributed by atoms with van der Waals surface area (Å²) in [5.41, 5.74) is 3.04. The van der Waals surface area contributed by atoms with Crippen molar-refractivity contribution in [3.05, 3.63) is 63.0 Å². The van der Waals surface area contributed by atoms with Crippen LogP contribution >= 0.6 is 34.5 Å². The highest BCUT2D eigenvalue weighted by Gasteiger charge is 2.12. The molecule has 2 heterocycles. The van der Waals surface area contributed by atoms with Gasteiger partial charge in [0.1, 0.15) is 0 Å². The van der Waals surface area contributed by atoms with Gasteiger partial charge in [-0.1, -0.05) is 23.2 Å². The predicted octanol–water partition coefficient (Wildman–Crippen LogP) is 5.41. The number of hydrogen-bond acceptors (Lipinski definition) is 3. The number of thiophene rings is 1. The maximum Gasteiger partial charge on any atom is 0.0931 e. The lowest BCUT2D eigenvalue weighted by Gasteiger charge is -2.17. The van der Waals surface area contributed by atoms with Gasteiger partial charge in [0.05, 0.1) is 15.7 Å². The third kappa shape index (κ3) is 3.23. The van der Waals surface area contributed by atoms with Crippen molar-refractivity contribution >= 4 is 40.2 Å². The van der Waals surface area contributed by atoms with Crippen molar-refractivity contribution in [2.75, 3.05) is 5.32 Å². The molecule has 3 nitrogen and oxygen atoms in total. The number of anilines is 1. The topological polar surface area (TPSA) is 29.9 Å². The lowest BCUT2D eigenvalue weighted by atomic mass is 10.1. The van der Waals surface area contributed by atoms with E-state index in [0.717, 1.165) is 21.3 Å². The van der Waals surface area contributed by atoms with E-state index in [1.807, 2.05) is 41.2 Å². The van der Waals surface area contributed by atoms with Crippen molar-refractivity contribution in [2.24, 2.45) is 0 Å². The molecule has 3 rings (SSSR count). The highest BCUT2D eigenvalue weighted by atomic mass is 35.5. The average Bonchev–Trinajstić information content (AvgIpc) is 3.10. The molecule has 0 bridgehead atoms. The molecule has 0 saturated heterocycles. The molecular weight excluding hydrogens is 325 g/mol. The third-order valence-corrected chi connectivity index (χ3v) is 4.51. The lowest BCUT2D eigenvalue weighted by Crippen LogP contribution is -2.09. The maximum atomic E-state index is 6.12. The standard InChI is InChI=1S/C15H13Cl2N3S/c1-10(11-7-15(17)21-9-11)19-13-8-12(16)3-4-14(13)20-6-2-5-18-20/h2-10,19H,1H3. The van der Waals surface area contributed by atoms with E-state index in [0.29, 0.717) is 5.02 Å². The van der Waals surface area contributed by atoms with E-state index >= 15 is 0 Å². The molecule has 0 aliphatic carbocycles. The van der Waals surface area contributed by atoms with E-state index in [1.165, 1.54) is 11.3 Å². The molecule has 1 unspecified atom stereocenters. The zero-order valence-corrected chi connectivity index (χ0v) is 13.6. The van der Waals surface area contributed by atoms with Crippen molar-refractivity contribution in [2.45, 2.75) is 13.0 Å². The molecule has 1 N–H and O–H groups in total. The Kier molecular flexibility index (Phi) is 4.19. The van der Waals surface area contributed by atoms with Crippen LogP contribution in [0.15, 0.2) is 48.1 Å². The van der Waals surface area contributed by atoms with Gasteiger partial charge in [0.25, 0.3) is 0 Å². The number of hydrogen-bond donors (Lipinski definition) is 1. The van der Waals surface area contributed by atoms with Crippen LogP contribution in [0.5, 0.6) is 0 Å². The second kappa shape index (κ2) is 6.10. The number of nitrogens with one attached hydrogen (secondary N) is 1. The van der Waals surface area contributed by atoms with Gasteiger partial charge in [-0.25, -0.2) is 4.68 Å². The molecular formula is C15H13Cl2N3S. The van der Waals surface area contributed by atoms with Gasteiger partial charge in [0.2, 0.25) is 0 Å². The summed E-state index contributed by atoms with van der Waals surface area (Å²) in [4.78, 5) is 0. The third-order valence-electron chi connectivity index (χ3n) is 3.17. The number of benzene rings is 1. The molecule has 0 fully saturated rings. The van der Waals surface area contributed by atoms with Crippen LogP contribution in [-0.4, -0.2) is 9.78 Å². The first-order valence-corrected chi connectivity index (χ1v) is 8.07. The van der Waals surface area contributed by atoms with E-state index in [4.69, 9.17) is 23.2 Å². The fraction of sp³-hybridized carbons (Fsp3) is 0.133. The Morgan fingerprint density at radius 1 is 1.29 bits per heavy atom. The van der Waals surface area contributed by atoms with Crippen molar-refractivity contribution < 1.29 is 0 Å². The molecule has 3 aromatic rings. The fourth-order valence-electron chi connectivity index (χ4n) is 2.10. The van der Waals surface area contributed by atoms with Gasteiger partial charge < -0.3 is 5.32 Å². The molecule has 0 amide bonds. The fourth-order valence-corrected chi connectivity index (χ4v) is 3.26. The zero-order valence-electron chi connectivity index (χ0n) is 11.3. The highest BCUT2D eigenvalue weighted by molar-refractivity contribution is 7.14. The second-order valence-electron chi connectivity index (χ2n) is 4.66. The first kappa shape index (κ1) is 14.4. The average molecular weight is 338 g/mol. The van der Waals surface area contributed by atoms with Crippen LogP contribution < -0.4 is 5.32 Å². The smallest absolute Gasteiger partial charge is 0.0931 e. The lowest BCUT2D eigenvalue weighted by molar-refractivity contribution is 0.856. The summed E-state index contributed by atoms with van der Waals surface area (Å²) in [5, 5.41) is 10.5. The van der Waals surface area contributed by atoms with Gasteiger partial charge in [-0.15, -0.1) is 11.3 Å². The van der Waals surface area contributed by atoms with Crippen LogP contribution in [0.3, 0.4) is 0 Å². The van der Waals surface area contributed by atoms with Crippen LogP contribution in [0.25, 0.3) is 5.69 Å². The van der Waals surface area contributed by atoms with Gasteiger partial charge >= 0.3 is 0 Å². The summed E-state index contributed by atoms with van der Waals surface area (Å²) in [7, 11) is 0. The van der Waals surface area contributed by atoms with Crippen LogP contribution in [0.2, 0.25) is 9.36 Å². The van der Waals surface area contributed by atoms with Crippen LogP contribution in [0.4, 0.5) is 5.69 Å². The van der Waals surface area contributed by atoms with Gasteiger partial charge in [-0.3, -0.25) is 0 Å². The van der Waals surface area contributed by atoms with E-state index in [1.54, 1.807) is 6.20 Å². The van der Waals surface area contributed by atoms with E-state index in [-0.39, 0.29) is 6.04 Å². The summed E-state index contributed by atoms with van der Waals surface area (Å²) in [5.74, 6) is 0. The number of rotatable bonds is 4. The molecule has 1 atom stereocenters. The Hall–Kier alpha value is -1.49. The first-order chi connectivity index (χ1) is 10.1. The second-order valence-corrected chi connectivity index (χ2v) is 6.64. The van der Waals surface area contributed by atoms with Crippen molar-refractivity contribution in [1.29, 1.82) is 0 Å². The van der Waals surface area contributed by atoms with Crippen molar-refractivity contribution in [3.8, 4) is 5.69 Å². The minimum atomic E-state index is 0.126. The van der Waals surface area contributed by atoms with E-state index in [9.17, 15) is 0 Å². The molecule has 0 saturated carbocycles. The van der Waals surface area contributed by atoms with Crippen LogP contribution in [-0.2, 0) is 0 Å². The zero-order chi connectivity index (χ0) is 14.8. The SMILES string of the molecule is CC(Nc1cc(Cl)ccc1-n1cccn1)c1csc(Cl)c1. The van der Waals surface area contributed by atoms with Crippen molar-refractivity contribution in [3.63, 3.8) is 0 Å². The minimum Gasteiger partial charge on any atom is -0.377 e. The van der Waals surface area contributed by atoms with E-state index < -0.39 is 0 Å². The molecule has 108 valence electrons. The summed E-state index contributed by atoms with van der Waals surface area (Å²) >= 11 is 13.7.